The third kappa shape index (κ3) is 3.45. The third-order valence-corrected chi connectivity index (χ3v) is 6.36. The van der Waals surface area contributed by atoms with E-state index in [2.05, 4.69) is 16.9 Å². The van der Waals surface area contributed by atoms with E-state index in [0.717, 1.165) is 16.2 Å². The molecule has 26 heavy (non-hydrogen) atoms. The Hall–Kier alpha value is -1.64. The smallest absolute Gasteiger partial charge is 0.480 e. The van der Waals surface area contributed by atoms with E-state index in [-0.39, 0.29) is 6.10 Å². The first kappa shape index (κ1) is 19.1. The van der Waals surface area contributed by atoms with Crippen LogP contribution < -0.4 is 15.9 Å². The molecule has 8 heteroatoms. The highest BCUT2D eigenvalue weighted by atomic mass is 32.1. The van der Waals surface area contributed by atoms with Gasteiger partial charge >= 0.3 is 7.12 Å². The Bertz CT molecular complexity index is 787. The van der Waals surface area contributed by atoms with Crippen LogP contribution in [-0.2, 0) is 9.31 Å². The number of pyridine rings is 1. The van der Waals surface area contributed by atoms with Crippen LogP contribution in [0.25, 0.3) is 0 Å². The number of thiazole rings is 1. The maximum atomic E-state index is 6.08. The summed E-state index contributed by atoms with van der Waals surface area (Å²) in [6.07, 6.45) is 1.46. The van der Waals surface area contributed by atoms with Crippen molar-refractivity contribution in [2.75, 3.05) is 5.73 Å². The fourth-order valence-corrected chi connectivity index (χ4v) is 3.49. The highest BCUT2D eigenvalue weighted by Crippen LogP contribution is 2.37. The molecule has 1 fully saturated rings. The molecule has 0 spiro atoms. The zero-order valence-electron chi connectivity index (χ0n) is 16.4. The van der Waals surface area contributed by atoms with Gasteiger partial charge in [-0.2, -0.15) is 0 Å². The largest absolute Gasteiger partial charge is 0.496 e. The number of aromatic nitrogens is 2. The first-order valence-corrected chi connectivity index (χ1v) is 9.53. The number of nitrogen functional groups attached to an aromatic ring is 1. The second-order valence-corrected chi connectivity index (χ2v) is 8.93. The van der Waals surface area contributed by atoms with Crippen LogP contribution in [-0.4, -0.2) is 28.3 Å². The standard InChI is InChI=1S/C18H26BN3O3S/c1-10-12(3)26-16(22-10)11(2)23-14-8-13(9-21-15(14)20)19-24-17(4,5)18(6,7)25-19/h8-9,11H,1-7H3,(H2,20,21). The monoisotopic (exact) mass is 375 g/mol. The number of anilines is 1. The van der Waals surface area contributed by atoms with Crippen molar-refractivity contribution in [1.82, 2.24) is 9.97 Å². The van der Waals surface area contributed by atoms with Gasteiger partial charge in [0.1, 0.15) is 11.1 Å². The maximum Gasteiger partial charge on any atom is 0.496 e. The van der Waals surface area contributed by atoms with Gasteiger partial charge in [-0.15, -0.1) is 11.3 Å². The zero-order chi connectivity index (χ0) is 19.3. The van der Waals surface area contributed by atoms with Gasteiger partial charge in [0.05, 0.1) is 16.9 Å². The van der Waals surface area contributed by atoms with Gasteiger partial charge < -0.3 is 19.8 Å². The number of nitrogens with two attached hydrogens (primary N) is 1. The van der Waals surface area contributed by atoms with Gasteiger partial charge in [-0.05, 0) is 54.5 Å². The predicted molar refractivity (Wildman–Crippen MR) is 105 cm³/mol. The minimum Gasteiger partial charge on any atom is -0.480 e. The molecule has 0 amide bonds. The molecule has 3 rings (SSSR count). The van der Waals surface area contributed by atoms with E-state index < -0.39 is 18.3 Å². The number of nitrogens with zero attached hydrogens (tertiary/aromatic N) is 2. The van der Waals surface area contributed by atoms with Crippen LogP contribution in [0.15, 0.2) is 12.3 Å². The van der Waals surface area contributed by atoms with Crippen LogP contribution >= 0.6 is 11.3 Å². The van der Waals surface area contributed by atoms with Gasteiger partial charge in [0.15, 0.2) is 11.6 Å². The van der Waals surface area contributed by atoms with Gasteiger partial charge in [0, 0.05) is 16.5 Å². The maximum absolute atomic E-state index is 6.08. The SMILES string of the molecule is Cc1nc(C(C)Oc2cc(B3OC(C)(C)C(C)(C)O3)cnc2N)sc1C. The molecular formula is C18H26BN3O3S. The van der Waals surface area contributed by atoms with Crippen LogP contribution in [0.3, 0.4) is 0 Å². The van der Waals surface area contributed by atoms with Crippen molar-refractivity contribution >= 4 is 29.7 Å². The zero-order valence-corrected chi connectivity index (χ0v) is 17.2. The summed E-state index contributed by atoms with van der Waals surface area (Å²) in [5.41, 5.74) is 7.00. The van der Waals surface area contributed by atoms with E-state index >= 15 is 0 Å². The molecule has 2 N–H and O–H groups in total. The lowest BCUT2D eigenvalue weighted by Gasteiger charge is -2.32. The molecule has 6 nitrogen and oxygen atoms in total. The number of ether oxygens (including phenoxy) is 1. The molecular weight excluding hydrogens is 349 g/mol. The van der Waals surface area contributed by atoms with Crippen LogP contribution in [0.5, 0.6) is 5.75 Å². The summed E-state index contributed by atoms with van der Waals surface area (Å²) in [6.45, 7) is 14.1. The Morgan fingerprint density at radius 1 is 1.19 bits per heavy atom. The fraction of sp³-hybridized carbons (Fsp3) is 0.556. The molecule has 1 aliphatic heterocycles. The lowest BCUT2D eigenvalue weighted by Crippen LogP contribution is -2.41. The number of aryl methyl sites for hydroxylation is 2. The molecule has 1 atom stereocenters. The second-order valence-electron chi connectivity index (χ2n) is 7.69. The molecule has 1 unspecified atom stereocenters. The average molecular weight is 375 g/mol. The van der Waals surface area contributed by atoms with Crippen molar-refractivity contribution in [3.05, 3.63) is 27.8 Å². The highest BCUT2D eigenvalue weighted by Gasteiger charge is 2.52. The Kier molecular flexibility index (Phi) is 4.79. The number of rotatable bonds is 4. The Morgan fingerprint density at radius 3 is 2.35 bits per heavy atom. The van der Waals surface area contributed by atoms with Crippen molar-refractivity contribution in [2.45, 2.75) is 65.8 Å². The van der Waals surface area contributed by atoms with E-state index in [1.807, 2.05) is 47.6 Å². The van der Waals surface area contributed by atoms with E-state index in [9.17, 15) is 0 Å². The van der Waals surface area contributed by atoms with Crippen molar-refractivity contribution in [3.8, 4) is 5.75 Å². The summed E-state index contributed by atoms with van der Waals surface area (Å²) in [5, 5.41) is 0.917. The van der Waals surface area contributed by atoms with Crippen LogP contribution in [0.4, 0.5) is 5.82 Å². The molecule has 0 radical (unpaired) electrons. The van der Waals surface area contributed by atoms with Crippen LogP contribution in [0.2, 0.25) is 0 Å². The molecule has 2 aromatic rings. The van der Waals surface area contributed by atoms with E-state index in [0.29, 0.717) is 11.6 Å². The molecule has 0 aliphatic carbocycles. The second kappa shape index (κ2) is 6.51. The Morgan fingerprint density at radius 2 is 1.81 bits per heavy atom. The van der Waals surface area contributed by atoms with Crippen molar-refractivity contribution < 1.29 is 14.0 Å². The van der Waals surface area contributed by atoms with Gasteiger partial charge in [-0.1, -0.05) is 0 Å². The lowest BCUT2D eigenvalue weighted by atomic mass is 9.80. The van der Waals surface area contributed by atoms with Crippen LogP contribution in [0, 0.1) is 13.8 Å². The topological polar surface area (TPSA) is 79.5 Å². The van der Waals surface area contributed by atoms with Gasteiger partial charge in [-0.25, -0.2) is 9.97 Å². The number of hydrogen-bond donors (Lipinski definition) is 1. The summed E-state index contributed by atoms with van der Waals surface area (Å²) in [6, 6.07) is 1.84. The minimum atomic E-state index is -0.505. The minimum absolute atomic E-state index is 0.218. The normalized spacial score (nSPS) is 19.6. The quantitative estimate of drug-likeness (QED) is 0.827. The first-order valence-electron chi connectivity index (χ1n) is 8.72. The van der Waals surface area contributed by atoms with Crippen molar-refractivity contribution in [1.29, 1.82) is 0 Å². The molecule has 1 saturated heterocycles. The van der Waals surface area contributed by atoms with Gasteiger partial charge in [0.2, 0.25) is 0 Å². The lowest BCUT2D eigenvalue weighted by molar-refractivity contribution is 0.00578. The van der Waals surface area contributed by atoms with Gasteiger partial charge in [-0.3, -0.25) is 0 Å². The van der Waals surface area contributed by atoms with Crippen LogP contribution in [0.1, 0.15) is 56.3 Å². The molecule has 0 saturated carbocycles. The van der Waals surface area contributed by atoms with Crippen molar-refractivity contribution in [2.24, 2.45) is 0 Å². The molecule has 0 bridgehead atoms. The summed E-state index contributed by atoms with van der Waals surface area (Å²) < 4.78 is 18.2. The van der Waals surface area contributed by atoms with E-state index in [1.54, 1.807) is 17.5 Å². The third-order valence-electron chi connectivity index (χ3n) is 5.12. The first-order chi connectivity index (χ1) is 12.0. The molecule has 2 aromatic heterocycles. The Balaban J connectivity index is 1.82. The summed E-state index contributed by atoms with van der Waals surface area (Å²) in [5.74, 6) is 0.845. The van der Waals surface area contributed by atoms with Crippen molar-refractivity contribution in [3.63, 3.8) is 0 Å². The number of hydrogen-bond acceptors (Lipinski definition) is 7. The molecule has 3 heterocycles. The summed E-state index contributed by atoms with van der Waals surface area (Å²) in [4.78, 5) is 10.0. The summed E-state index contributed by atoms with van der Waals surface area (Å²) in [7, 11) is -0.505. The van der Waals surface area contributed by atoms with Gasteiger partial charge in [0.25, 0.3) is 0 Å². The molecule has 140 valence electrons. The summed E-state index contributed by atoms with van der Waals surface area (Å²) >= 11 is 1.63. The molecule has 0 aromatic carbocycles. The highest BCUT2D eigenvalue weighted by molar-refractivity contribution is 7.11. The Labute approximate surface area is 159 Å². The average Bonchev–Trinajstić information content (AvgIpc) is 2.98. The van der Waals surface area contributed by atoms with E-state index in [1.165, 1.54) is 4.88 Å². The predicted octanol–water partition coefficient (Wildman–Crippen LogP) is 3.18. The molecule has 1 aliphatic rings. The van der Waals surface area contributed by atoms with E-state index in [4.69, 9.17) is 19.8 Å². The fourth-order valence-electron chi connectivity index (χ4n) is 2.59.